The lowest BCUT2D eigenvalue weighted by molar-refractivity contribution is 0.590. The van der Waals surface area contributed by atoms with Gasteiger partial charge in [-0.1, -0.05) is 62.4 Å². The fourth-order valence-electron chi connectivity index (χ4n) is 2.29. The molecule has 0 fully saturated rings. The molecule has 0 amide bonds. The Labute approximate surface area is 123 Å². The van der Waals surface area contributed by atoms with Gasteiger partial charge >= 0.3 is 0 Å². The van der Waals surface area contributed by atoms with Gasteiger partial charge in [0.1, 0.15) is 0 Å². The lowest BCUT2D eigenvalue weighted by Crippen LogP contribution is -2.10. The summed E-state index contributed by atoms with van der Waals surface area (Å²) in [4.78, 5) is 4.35. The Kier molecular flexibility index (Phi) is 3.02. The Balaban J connectivity index is 2.02. The van der Waals surface area contributed by atoms with Crippen molar-refractivity contribution in [3.63, 3.8) is 0 Å². The van der Waals surface area contributed by atoms with Crippen molar-refractivity contribution in [2.75, 3.05) is 5.73 Å². The standard InChI is InChI=1S/C17H18N2S/c1-17(2,3)13-7-4-11(5-8-13)12-6-9-15-14(10-12)19-16(18)20-15/h4-10H,1-3H3,(H2,18,19). The summed E-state index contributed by atoms with van der Waals surface area (Å²) in [5.41, 5.74) is 10.7. The average Bonchev–Trinajstić information content (AvgIpc) is 2.77. The highest BCUT2D eigenvalue weighted by Crippen LogP contribution is 2.30. The van der Waals surface area contributed by atoms with Gasteiger partial charge < -0.3 is 5.73 Å². The van der Waals surface area contributed by atoms with Crippen LogP contribution < -0.4 is 5.73 Å². The number of nitrogen functional groups attached to an aromatic ring is 1. The van der Waals surface area contributed by atoms with Crippen molar-refractivity contribution >= 4 is 26.7 Å². The minimum absolute atomic E-state index is 0.186. The number of hydrogen-bond donors (Lipinski definition) is 1. The molecular weight excluding hydrogens is 264 g/mol. The fourth-order valence-corrected chi connectivity index (χ4v) is 3.00. The molecule has 0 aliphatic heterocycles. The van der Waals surface area contributed by atoms with Crippen molar-refractivity contribution in [3.8, 4) is 11.1 Å². The van der Waals surface area contributed by atoms with E-state index in [0.717, 1.165) is 10.2 Å². The van der Waals surface area contributed by atoms with E-state index in [4.69, 9.17) is 5.73 Å². The van der Waals surface area contributed by atoms with Crippen molar-refractivity contribution in [1.29, 1.82) is 0 Å². The van der Waals surface area contributed by atoms with E-state index in [1.807, 2.05) is 0 Å². The molecule has 3 heteroatoms. The second-order valence-electron chi connectivity index (χ2n) is 6.06. The number of aromatic nitrogens is 1. The molecule has 0 saturated heterocycles. The molecule has 1 aromatic heterocycles. The molecule has 3 rings (SSSR count). The monoisotopic (exact) mass is 282 g/mol. The van der Waals surface area contributed by atoms with Crippen LogP contribution >= 0.6 is 11.3 Å². The summed E-state index contributed by atoms with van der Waals surface area (Å²) in [6, 6.07) is 15.1. The predicted octanol–water partition coefficient (Wildman–Crippen LogP) is 4.84. The number of thiazole rings is 1. The van der Waals surface area contributed by atoms with Crippen LogP contribution in [0.25, 0.3) is 21.3 Å². The first-order chi connectivity index (χ1) is 9.43. The third kappa shape index (κ3) is 2.41. The van der Waals surface area contributed by atoms with E-state index in [0.29, 0.717) is 5.13 Å². The van der Waals surface area contributed by atoms with Crippen LogP contribution in [0.1, 0.15) is 26.3 Å². The first-order valence-corrected chi connectivity index (χ1v) is 7.52. The number of hydrogen-bond acceptors (Lipinski definition) is 3. The Morgan fingerprint density at radius 3 is 2.25 bits per heavy atom. The summed E-state index contributed by atoms with van der Waals surface area (Å²) in [5.74, 6) is 0. The van der Waals surface area contributed by atoms with Crippen molar-refractivity contribution in [3.05, 3.63) is 48.0 Å². The second kappa shape index (κ2) is 4.60. The highest BCUT2D eigenvalue weighted by molar-refractivity contribution is 7.22. The summed E-state index contributed by atoms with van der Waals surface area (Å²) in [6.45, 7) is 6.68. The van der Waals surface area contributed by atoms with E-state index < -0.39 is 0 Å². The average molecular weight is 282 g/mol. The Morgan fingerprint density at radius 2 is 1.60 bits per heavy atom. The van der Waals surface area contributed by atoms with Crippen LogP contribution in [0.4, 0.5) is 5.13 Å². The first-order valence-electron chi connectivity index (χ1n) is 6.70. The molecule has 2 N–H and O–H groups in total. The molecule has 0 saturated carbocycles. The fraction of sp³-hybridized carbons (Fsp3) is 0.235. The van der Waals surface area contributed by atoms with Gasteiger partial charge in [-0.15, -0.1) is 0 Å². The van der Waals surface area contributed by atoms with Crippen molar-refractivity contribution in [2.24, 2.45) is 0 Å². The van der Waals surface area contributed by atoms with Crippen molar-refractivity contribution < 1.29 is 0 Å². The number of nitrogens with zero attached hydrogens (tertiary/aromatic N) is 1. The number of anilines is 1. The van der Waals surface area contributed by atoms with Crippen LogP contribution in [-0.4, -0.2) is 4.98 Å². The minimum atomic E-state index is 0.186. The van der Waals surface area contributed by atoms with Gasteiger partial charge in [0.2, 0.25) is 0 Å². The Bertz CT molecular complexity index is 749. The Morgan fingerprint density at radius 1 is 0.950 bits per heavy atom. The van der Waals surface area contributed by atoms with E-state index in [9.17, 15) is 0 Å². The molecule has 2 aromatic carbocycles. The largest absolute Gasteiger partial charge is 0.375 e. The SMILES string of the molecule is CC(C)(C)c1ccc(-c2ccc3sc(N)nc3c2)cc1. The summed E-state index contributed by atoms with van der Waals surface area (Å²) in [5, 5.41) is 0.625. The number of rotatable bonds is 1. The van der Waals surface area contributed by atoms with Gasteiger partial charge in [0.25, 0.3) is 0 Å². The maximum absolute atomic E-state index is 5.75. The van der Waals surface area contributed by atoms with Crippen LogP contribution in [0.3, 0.4) is 0 Å². The first kappa shape index (κ1) is 13.1. The smallest absolute Gasteiger partial charge is 0.181 e. The van der Waals surface area contributed by atoms with E-state index in [-0.39, 0.29) is 5.41 Å². The summed E-state index contributed by atoms with van der Waals surface area (Å²) >= 11 is 1.53. The van der Waals surface area contributed by atoms with Crippen molar-refractivity contribution in [1.82, 2.24) is 4.98 Å². The lowest BCUT2D eigenvalue weighted by Gasteiger charge is -2.19. The van der Waals surface area contributed by atoms with Crippen molar-refractivity contribution in [2.45, 2.75) is 26.2 Å². The topological polar surface area (TPSA) is 38.9 Å². The predicted molar refractivity (Wildman–Crippen MR) is 88.2 cm³/mol. The molecule has 0 radical (unpaired) electrons. The molecule has 0 aliphatic rings. The molecule has 0 unspecified atom stereocenters. The third-order valence-corrected chi connectivity index (χ3v) is 4.35. The van der Waals surface area contributed by atoms with Gasteiger partial charge in [0.05, 0.1) is 10.2 Å². The number of nitrogens with two attached hydrogens (primary N) is 1. The maximum Gasteiger partial charge on any atom is 0.181 e. The molecule has 0 aliphatic carbocycles. The molecular formula is C17H18N2S. The highest BCUT2D eigenvalue weighted by atomic mass is 32.1. The summed E-state index contributed by atoms with van der Waals surface area (Å²) < 4.78 is 1.14. The lowest BCUT2D eigenvalue weighted by atomic mass is 9.86. The molecule has 20 heavy (non-hydrogen) atoms. The quantitative estimate of drug-likeness (QED) is 0.693. The van der Waals surface area contributed by atoms with Gasteiger partial charge in [0, 0.05) is 0 Å². The second-order valence-corrected chi connectivity index (χ2v) is 7.12. The molecule has 2 nitrogen and oxygen atoms in total. The molecule has 1 heterocycles. The van der Waals surface area contributed by atoms with Gasteiger partial charge in [-0.25, -0.2) is 4.98 Å². The highest BCUT2D eigenvalue weighted by Gasteiger charge is 2.13. The summed E-state index contributed by atoms with van der Waals surface area (Å²) in [7, 11) is 0. The maximum atomic E-state index is 5.75. The van der Waals surface area contributed by atoms with Crippen LogP contribution in [0.2, 0.25) is 0 Å². The molecule has 0 spiro atoms. The Hall–Kier alpha value is -1.87. The third-order valence-electron chi connectivity index (χ3n) is 3.49. The van der Waals surface area contributed by atoms with E-state index in [1.54, 1.807) is 0 Å². The van der Waals surface area contributed by atoms with E-state index in [2.05, 4.69) is 68.2 Å². The van der Waals surface area contributed by atoms with Gasteiger partial charge in [0.15, 0.2) is 5.13 Å². The molecule has 102 valence electrons. The van der Waals surface area contributed by atoms with Crippen LogP contribution in [0, 0.1) is 0 Å². The minimum Gasteiger partial charge on any atom is -0.375 e. The van der Waals surface area contributed by atoms with Gasteiger partial charge in [-0.3, -0.25) is 0 Å². The molecule has 0 bridgehead atoms. The zero-order chi connectivity index (χ0) is 14.3. The van der Waals surface area contributed by atoms with E-state index in [1.165, 1.54) is 28.0 Å². The van der Waals surface area contributed by atoms with E-state index >= 15 is 0 Å². The number of benzene rings is 2. The van der Waals surface area contributed by atoms with Crippen LogP contribution in [-0.2, 0) is 5.41 Å². The van der Waals surface area contributed by atoms with Crippen LogP contribution in [0.15, 0.2) is 42.5 Å². The molecule has 3 aromatic rings. The summed E-state index contributed by atoms with van der Waals surface area (Å²) in [6.07, 6.45) is 0. The zero-order valence-corrected chi connectivity index (χ0v) is 12.8. The normalized spacial score (nSPS) is 11.9. The number of fused-ring (bicyclic) bond motifs is 1. The van der Waals surface area contributed by atoms with Gasteiger partial charge in [-0.2, -0.15) is 0 Å². The molecule has 0 atom stereocenters. The zero-order valence-electron chi connectivity index (χ0n) is 12.0. The van der Waals surface area contributed by atoms with Crippen LogP contribution in [0.5, 0.6) is 0 Å². The van der Waals surface area contributed by atoms with Gasteiger partial charge in [-0.05, 0) is 34.2 Å².